The molecule has 0 aromatic heterocycles. The van der Waals surface area contributed by atoms with Crippen molar-refractivity contribution in [1.82, 2.24) is 9.80 Å². The van der Waals surface area contributed by atoms with E-state index in [9.17, 15) is 14.0 Å². The van der Waals surface area contributed by atoms with Crippen LogP contribution in [0.2, 0.25) is 0 Å². The maximum absolute atomic E-state index is 14.2. The number of hydrogen-bond donors (Lipinski definition) is 1. The second-order valence-electron chi connectivity index (χ2n) is 10.9. The first-order chi connectivity index (χ1) is 21.0. The van der Waals surface area contributed by atoms with Crippen molar-refractivity contribution < 1.29 is 23.5 Å². The van der Waals surface area contributed by atoms with Crippen LogP contribution in [0, 0.1) is 5.82 Å². The largest absolute Gasteiger partial charge is 0.497 e. The van der Waals surface area contributed by atoms with Gasteiger partial charge in [-0.15, -0.1) is 0 Å². The molecule has 2 aliphatic rings. The van der Waals surface area contributed by atoms with Crippen LogP contribution in [0.15, 0.2) is 91.0 Å². The molecule has 9 heteroatoms. The average Bonchev–Trinajstić information content (AvgIpc) is 3.05. The second-order valence-corrected chi connectivity index (χ2v) is 10.9. The smallest absolute Gasteiger partial charge is 0.338 e. The van der Waals surface area contributed by atoms with Crippen molar-refractivity contribution in [2.24, 2.45) is 0 Å². The Labute approximate surface area is 250 Å². The molecule has 2 aliphatic heterocycles. The number of piperazine rings is 1. The number of esters is 1. The predicted octanol–water partition coefficient (Wildman–Crippen LogP) is 5.64. The summed E-state index contributed by atoms with van der Waals surface area (Å²) in [6, 6.07) is 27.1. The van der Waals surface area contributed by atoms with Crippen LogP contribution in [0.25, 0.3) is 10.8 Å². The zero-order valence-corrected chi connectivity index (χ0v) is 24.1. The molecule has 2 amide bonds. The monoisotopic (exact) mass is 582 g/mol. The van der Waals surface area contributed by atoms with Gasteiger partial charge in [-0.1, -0.05) is 42.5 Å². The first kappa shape index (κ1) is 28.5. The average molecular weight is 583 g/mol. The van der Waals surface area contributed by atoms with Gasteiger partial charge in [-0.05, 0) is 65.7 Å². The first-order valence-corrected chi connectivity index (χ1v) is 14.6. The molecule has 4 aromatic rings. The fourth-order valence-corrected chi connectivity index (χ4v) is 6.01. The molecule has 222 valence electrons. The van der Waals surface area contributed by atoms with E-state index in [4.69, 9.17) is 9.47 Å². The molecular formula is C34H35FN4O4. The van der Waals surface area contributed by atoms with Gasteiger partial charge in [0.1, 0.15) is 17.7 Å². The van der Waals surface area contributed by atoms with Crippen LogP contribution in [-0.4, -0.2) is 80.3 Å². The Morgan fingerprint density at radius 3 is 2.30 bits per heavy atom. The summed E-state index contributed by atoms with van der Waals surface area (Å²) in [7, 11) is 1.66. The number of halogens is 1. The molecule has 0 unspecified atom stereocenters. The Morgan fingerprint density at radius 2 is 1.56 bits per heavy atom. The highest BCUT2D eigenvalue weighted by Crippen LogP contribution is 2.27. The fraction of sp³-hybridized carbons (Fsp3) is 0.294. The summed E-state index contributed by atoms with van der Waals surface area (Å²) in [5.74, 6) is -0.0991. The van der Waals surface area contributed by atoms with Gasteiger partial charge in [0.05, 0.1) is 30.9 Å². The van der Waals surface area contributed by atoms with E-state index < -0.39 is 23.9 Å². The SMILES string of the molecule is COc1ccc(N2CCN([C@@H]3CCN(C(=O)Nc4ccccc4F)C[C@H]3OC(=O)c3ccc4ccccc4c3)CC2)cc1. The van der Waals surface area contributed by atoms with E-state index in [0.717, 1.165) is 48.4 Å². The number of amides is 2. The van der Waals surface area contributed by atoms with E-state index >= 15 is 0 Å². The number of carbonyl (C=O) groups excluding carboxylic acids is 2. The van der Waals surface area contributed by atoms with Crippen molar-refractivity contribution >= 4 is 34.1 Å². The lowest BCUT2D eigenvalue weighted by atomic mass is 9.98. The van der Waals surface area contributed by atoms with E-state index in [0.29, 0.717) is 18.5 Å². The minimum atomic E-state index is -0.549. The number of methoxy groups -OCH3 is 1. The second kappa shape index (κ2) is 12.7. The van der Waals surface area contributed by atoms with E-state index in [1.165, 1.54) is 12.1 Å². The van der Waals surface area contributed by atoms with Gasteiger partial charge in [-0.25, -0.2) is 14.0 Å². The molecular weight excluding hydrogens is 547 g/mol. The molecule has 0 saturated carbocycles. The van der Waals surface area contributed by atoms with Crippen molar-refractivity contribution in [3.05, 3.63) is 102 Å². The topological polar surface area (TPSA) is 74.3 Å². The normalized spacial score (nSPS) is 19.2. The molecule has 2 saturated heterocycles. The van der Waals surface area contributed by atoms with Gasteiger partial charge in [0.15, 0.2) is 0 Å². The Kier molecular flexibility index (Phi) is 8.42. The maximum Gasteiger partial charge on any atom is 0.338 e. The molecule has 2 fully saturated rings. The number of ether oxygens (including phenoxy) is 2. The number of fused-ring (bicyclic) bond motifs is 1. The van der Waals surface area contributed by atoms with Gasteiger partial charge < -0.3 is 24.6 Å². The lowest BCUT2D eigenvalue weighted by Crippen LogP contribution is -2.60. The van der Waals surface area contributed by atoms with Gasteiger partial charge in [0.25, 0.3) is 0 Å². The van der Waals surface area contributed by atoms with Gasteiger partial charge in [-0.2, -0.15) is 0 Å². The number of urea groups is 1. The van der Waals surface area contributed by atoms with Crippen molar-refractivity contribution in [1.29, 1.82) is 0 Å². The molecule has 0 bridgehead atoms. The van der Waals surface area contributed by atoms with Gasteiger partial charge in [0.2, 0.25) is 0 Å². The minimum absolute atomic E-state index is 0.0556. The quantitative estimate of drug-likeness (QED) is 0.297. The number of nitrogens with one attached hydrogen (secondary N) is 1. The van der Waals surface area contributed by atoms with Crippen molar-refractivity contribution in [2.45, 2.75) is 18.6 Å². The number of carbonyl (C=O) groups is 2. The number of rotatable bonds is 6. The highest BCUT2D eigenvalue weighted by Gasteiger charge is 2.39. The molecule has 1 N–H and O–H groups in total. The summed E-state index contributed by atoms with van der Waals surface area (Å²) in [6.45, 7) is 3.91. The highest BCUT2D eigenvalue weighted by molar-refractivity contribution is 5.95. The zero-order valence-electron chi connectivity index (χ0n) is 24.1. The number of anilines is 2. The van der Waals surface area contributed by atoms with Crippen LogP contribution in [0.3, 0.4) is 0 Å². The van der Waals surface area contributed by atoms with Gasteiger partial charge in [-0.3, -0.25) is 4.90 Å². The van der Waals surface area contributed by atoms with Crippen LogP contribution in [0.5, 0.6) is 5.75 Å². The third-order valence-electron chi connectivity index (χ3n) is 8.39. The molecule has 2 atom stereocenters. The molecule has 0 spiro atoms. The summed E-state index contributed by atoms with van der Waals surface area (Å²) in [6.07, 6.45) is 0.0785. The van der Waals surface area contributed by atoms with E-state index in [1.54, 1.807) is 30.2 Å². The molecule has 43 heavy (non-hydrogen) atoms. The molecule has 6 rings (SSSR count). The molecule has 8 nitrogen and oxygen atoms in total. The van der Waals surface area contributed by atoms with Crippen LogP contribution in [-0.2, 0) is 4.74 Å². The Morgan fingerprint density at radius 1 is 0.837 bits per heavy atom. The predicted molar refractivity (Wildman–Crippen MR) is 165 cm³/mol. The number of para-hydroxylation sites is 1. The molecule has 4 aromatic carbocycles. The number of benzene rings is 4. The van der Waals surface area contributed by atoms with Crippen LogP contribution in [0.4, 0.5) is 20.6 Å². The van der Waals surface area contributed by atoms with Crippen LogP contribution < -0.4 is 15.0 Å². The number of nitrogens with zero attached hydrogens (tertiary/aromatic N) is 3. The Balaban J connectivity index is 1.17. The maximum atomic E-state index is 14.2. The fourth-order valence-electron chi connectivity index (χ4n) is 6.01. The number of likely N-dealkylation sites (tertiary alicyclic amines) is 1. The third kappa shape index (κ3) is 6.41. The van der Waals surface area contributed by atoms with Crippen molar-refractivity contribution in [2.75, 3.05) is 56.6 Å². The number of piperidine rings is 1. The summed E-state index contributed by atoms with van der Waals surface area (Å²) in [5, 5.41) is 4.67. The first-order valence-electron chi connectivity index (χ1n) is 14.6. The molecule has 0 aliphatic carbocycles. The van der Waals surface area contributed by atoms with E-state index in [1.807, 2.05) is 48.5 Å². The van der Waals surface area contributed by atoms with Crippen LogP contribution >= 0.6 is 0 Å². The zero-order chi connectivity index (χ0) is 29.8. The minimum Gasteiger partial charge on any atom is -0.497 e. The lowest BCUT2D eigenvalue weighted by molar-refractivity contribution is -0.0302. The van der Waals surface area contributed by atoms with Crippen molar-refractivity contribution in [3.8, 4) is 5.75 Å². The highest BCUT2D eigenvalue weighted by atomic mass is 19.1. The summed E-state index contributed by atoms with van der Waals surface area (Å²) in [4.78, 5) is 32.9. The Bertz CT molecular complexity index is 1590. The Hall–Kier alpha value is -4.63. The van der Waals surface area contributed by atoms with Crippen LogP contribution in [0.1, 0.15) is 16.8 Å². The summed E-state index contributed by atoms with van der Waals surface area (Å²) >= 11 is 0. The summed E-state index contributed by atoms with van der Waals surface area (Å²) in [5.41, 5.74) is 1.73. The van der Waals surface area contributed by atoms with E-state index in [-0.39, 0.29) is 18.3 Å². The van der Waals surface area contributed by atoms with Gasteiger partial charge in [0, 0.05) is 38.4 Å². The lowest BCUT2D eigenvalue weighted by Gasteiger charge is -2.46. The summed E-state index contributed by atoms with van der Waals surface area (Å²) < 4.78 is 25.7. The van der Waals surface area contributed by atoms with Gasteiger partial charge >= 0.3 is 12.0 Å². The molecule has 0 radical (unpaired) electrons. The standard InChI is InChI=1S/C34H35FN4O4/c1-42-28-14-12-27(13-15-28)37-18-20-38(21-19-37)31-16-17-39(34(41)36-30-9-5-4-8-29(30)35)23-32(31)43-33(40)26-11-10-24-6-2-3-7-25(24)22-26/h2-15,22,31-32H,16-21,23H2,1H3,(H,36,41)/t31-,32-/m1/s1. The van der Waals surface area contributed by atoms with E-state index in [2.05, 4.69) is 27.2 Å². The van der Waals surface area contributed by atoms with Crippen molar-refractivity contribution in [3.63, 3.8) is 0 Å². The number of hydrogen-bond acceptors (Lipinski definition) is 6. The molecule has 2 heterocycles. The third-order valence-corrected chi connectivity index (χ3v) is 8.39.